The first-order valence-corrected chi connectivity index (χ1v) is 14.8. The van der Waals surface area contributed by atoms with Crippen LogP contribution in [0.5, 0.6) is 5.75 Å². The van der Waals surface area contributed by atoms with Crippen LogP contribution in [-0.4, -0.2) is 31.3 Å². The molecule has 0 radical (unpaired) electrons. The van der Waals surface area contributed by atoms with E-state index in [2.05, 4.69) is 60.7 Å². The van der Waals surface area contributed by atoms with Crippen molar-refractivity contribution in [1.82, 2.24) is 0 Å². The summed E-state index contributed by atoms with van der Waals surface area (Å²) in [5.74, 6) is -1.56. The minimum atomic E-state index is -1.23. The third-order valence-corrected chi connectivity index (χ3v) is 9.64. The Labute approximate surface area is 241 Å². The highest BCUT2D eigenvalue weighted by Gasteiger charge is 2.46. The van der Waals surface area contributed by atoms with Crippen LogP contribution in [0.25, 0.3) is 25.1 Å². The normalized spacial score (nSPS) is 18.5. The maximum absolute atomic E-state index is 12.5. The fourth-order valence-corrected chi connectivity index (χ4v) is 8.03. The summed E-state index contributed by atoms with van der Waals surface area (Å²) in [6, 6.07) is 30.8. The Morgan fingerprint density at radius 1 is 0.854 bits per heavy atom. The van der Waals surface area contributed by atoms with Gasteiger partial charge in [-0.15, -0.1) is 0 Å². The molecule has 6 nitrogen and oxygen atoms in total. The van der Waals surface area contributed by atoms with Crippen molar-refractivity contribution in [1.29, 1.82) is 0 Å². The van der Waals surface area contributed by atoms with Crippen LogP contribution in [0.1, 0.15) is 30.0 Å². The molecule has 0 amide bonds. The first-order valence-electron chi connectivity index (χ1n) is 13.6. The number of aryl methyl sites for hydroxylation is 2. The number of carbonyl (C=O) groups is 2. The summed E-state index contributed by atoms with van der Waals surface area (Å²) in [7, 11) is -0.181. The van der Waals surface area contributed by atoms with E-state index in [1.807, 2.05) is 44.2 Å². The van der Waals surface area contributed by atoms with E-state index in [0.717, 1.165) is 16.9 Å². The fourth-order valence-electron chi connectivity index (χ4n) is 5.47. The van der Waals surface area contributed by atoms with Gasteiger partial charge in [0.05, 0.1) is 6.42 Å². The Bertz CT molecular complexity index is 1680. The van der Waals surface area contributed by atoms with E-state index in [1.165, 1.54) is 25.1 Å². The number of carbonyl (C=O) groups excluding carboxylic acids is 2. The average molecular weight is 568 g/mol. The Morgan fingerprint density at radius 2 is 1.44 bits per heavy atom. The predicted molar refractivity (Wildman–Crippen MR) is 161 cm³/mol. The van der Waals surface area contributed by atoms with Crippen molar-refractivity contribution in [3.05, 3.63) is 108 Å². The van der Waals surface area contributed by atoms with Crippen molar-refractivity contribution in [3.8, 4) is 10.6 Å². The fraction of sp³-hybridized carbons (Fsp3) is 0.235. The quantitative estimate of drug-likeness (QED) is 0.110. The number of hydrogen-bond acceptors (Lipinski definition) is 6. The highest BCUT2D eigenvalue weighted by molar-refractivity contribution is 7.50. The lowest BCUT2D eigenvalue weighted by Gasteiger charge is -2.22. The molecule has 1 aliphatic rings. The lowest BCUT2D eigenvalue weighted by Crippen LogP contribution is -2.25. The number of rotatable bonds is 8. The van der Waals surface area contributed by atoms with Crippen molar-refractivity contribution in [2.24, 2.45) is 0 Å². The second-order valence-corrected chi connectivity index (χ2v) is 12.3. The van der Waals surface area contributed by atoms with E-state index in [9.17, 15) is 9.59 Å². The second-order valence-electron chi connectivity index (χ2n) is 10.3. The van der Waals surface area contributed by atoms with Crippen LogP contribution in [0, 0.1) is 13.8 Å². The van der Waals surface area contributed by atoms with Crippen LogP contribution in [0.3, 0.4) is 0 Å². The third kappa shape index (κ3) is 5.19. The van der Waals surface area contributed by atoms with E-state index in [0.29, 0.717) is 5.56 Å². The molecule has 1 aromatic heterocycles. The molecule has 2 heterocycles. The monoisotopic (exact) mass is 567 g/mol. The third-order valence-electron chi connectivity index (χ3n) is 7.34. The molecular weight excluding hydrogens is 536 g/mol. The van der Waals surface area contributed by atoms with E-state index in [-0.39, 0.29) is 30.1 Å². The van der Waals surface area contributed by atoms with Gasteiger partial charge in [-0.3, -0.25) is 4.79 Å². The van der Waals surface area contributed by atoms with Gasteiger partial charge >= 0.3 is 11.9 Å². The first kappa shape index (κ1) is 27.0. The zero-order valence-corrected chi connectivity index (χ0v) is 24.0. The van der Waals surface area contributed by atoms with E-state index >= 15 is 0 Å². The zero-order valence-electron chi connectivity index (χ0n) is 23.2. The molecule has 208 valence electrons. The lowest BCUT2D eigenvalue weighted by molar-refractivity contribution is -0.175. The van der Waals surface area contributed by atoms with Gasteiger partial charge in [0.1, 0.15) is 19.0 Å². The largest absolute Gasteiger partial charge is 0.489 e. The van der Waals surface area contributed by atoms with Crippen molar-refractivity contribution < 1.29 is 28.5 Å². The van der Waals surface area contributed by atoms with Crippen LogP contribution in [0.2, 0.25) is 0 Å². The smallest absolute Gasteiger partial charge is 0.338 e. The summed E-state index contributed by atoms with van der Waals surface area (Å²) in [5.41, 5.74) is 2.77. The molecule has 2 unspecified atom stereocenters. The molecule has 0 bridgehead atoms. The highest BCUT2D eigenvalue weighted by atomic mass is 32.2. The van der Waals surface area contributed by atoms with Gasteiger partial charge in [0.15, 0.2) is 20.4 Å². The molecule has 1 saturated heterocycles. The Hall–Kier alpha value is -4.20. The molecule has 7 heteroatoms. The van der Waals surface area contributed by atoms with Gasteiger partial charge in [-0.05, 0) is 49.2 Å². The summed E-state index contributed by atoms with van der Waals surface area (Å²) >= 11 is 0. The molecule has 0 aliphatic carbocycles. The van der Waals surface area contributed by atoms with Crippen molar-refractivity contribution >= 4 is 42.6 Å². The van der Waals surface area contributed by atoms with Gasteiger partial charge in [-0.1, -0.05) is 54.6 Å². The summed E-state index contributed by atoms with van der Waals surface area (Å²) in [5, 5.41) is 2.59. The molecule has 1 aliphatic heterocycles. The molecule has 2 atom stereocenters. The number of ether oxygens (including phenoxy) is 4. The highest BCUT2D eigenvalue weighted by Crippen LogP contribution is 2.49. The summed E-state index contributed by atoms with van der Waals surface area (Å²) < 4.78 is 25.4. The topological polar surface area (TPSA) is 71.1 Å². The van der Waals surface area contributed by atoms with Crippen LogP contribution in [0.4, 0.5) is 0 Å². The van der Waals surface area contributed by atoms with Gasteiger partial charge in [0, 0.05) is 45.9 Å². The molecule has 0 saturated carbocycles. The van der Waals surface area contributed by atoms with Gasteiger partial charge in [0.25, 0.3) is 0 Å². The zero-order chi connectivity index (χ0) is 28.6. The van der Waals surface area contributed by atoms with Gasteiger partial charge in [-0.2, -0.15) is 0 Å². The van der Waals surface area contributed by atoms with Crippen LogP contribution in [-0.2, 0) is 29.6 Å². The van der Waals surface area contributed by atoms with Crippen LogP contribution in [0.15, 0.2) is 91.0 Å². The van der Waals surface area contributed by atoms with E-state index in [4.69, 9.17) is 18.9 Å². The number of fused-ring (bicyclic) bond motifs is 3. The Kier molecular flexibility index (Phi) is 7.24. The Morgan fingerprint density at radius 3 is 2.07 bits per heavy atom. The maximum Gasteiger partial charge on any atom is 0.338 e. The predicted octanol–water partition coefficient (Wildman–Crippen LogP) is 7.48. The summed E-state index contributed by atoms with van der Waals surface area (Å²) in [6.07, 6.45) is -1.24. The second kappa shape index (κ2) is 11.0. The van der Waals surface area contributed by atoms with Crippen molar-refractivity contribution in [2.75, 3.05) is 13.2 Å². The maximum atomic E-state index is 12.5. The van der Waals surface area contributed by atoms with E-state index < -0.39 is 23.8 Å². The van der Waals surface area contributed by atoms with Gasteiger partial charge in [-0.25, -0.2) is 4.79 Å². The van der Waals surface area contributed by atoms with Crippen LogP contribution < -0.4 is 4.74 Å². The molecule has 0 spiro atoms. The summed E-state index contributed by atoms with van der Waals surface area (Å²) in [4.78, 5) is 26.1. The molecule has 5 aromatic rings. The molecule has 1 fully saturated rings. The van der Waals surface area contributed by atoms with Crippen molar-refractivity contribution in [3.63, 3.8) is 0 Å². The van der Waals surface area contributed by atoms with Crippen molar-refractivity contribution in [2.45, 2.75) is 39.1 Å². The molecule has 6 rings (SSSR count). The van der Waals surface area contributed by atoms with Gasteiger partial charge in [0.2, 0.25) is 5.79 Å². The number of hydrogen-bond donors (Lipinski definition) is 0. The standard InChI is InChI=1S/C34H31O6S/c1-22-19-25(41-29-15-9-7-13-26(29)27-14-8-10-16-30(27)41)20-23(2)32(22)38-18-17-37-31(35)21-28-33(36)40-34(3,39-28)24-11-5-4-6-12-24/h4-16,19-20,28H,17-18,21H2,1-3H3/q+1. The van der Waals surface area contributed by atoms with Gasteiger partial charge < -0.3 is 18.9 Å². The molecular formula is C34H31O6S+. The lowest BCUT2D eigenvalue weighted by atomic mass is 10.1. The minimum Gasteiger partial charge on any atom is -0.489 e. The molecule has 0 N–H and O–H groups in total. The van der Waals surface area contributed by atoms with E-state index in [1.54, 1.807) is 6.92 Å². The number of thiophene rings is 1. The first-order chi connectivity index (χ1) is 19.8. The number of benzene rings is 4. The SMILES string of the molecule is Cc1cc(-[s+]2c3ccccc3c3ccccc32)cc(C)c1OCCOC(=O)CC1OC(C)(c2ccccc2)OC1=O. The number of cyclic esters (lactones) is 1. The Balaban J connectivity index is 1.09. The molecule has 4 aromatic carbocycles. The minimum absolute atomic E-state index is 0.0578. The number of esters is 2. The molecule has 41 heavy (non-hydrogen) atoms. The average Bonchev–Trinajstić information content (AvgIpc) is 3.46. The summed E-state index contributed by atoms with van der Waals surface area (Å²) in [6.45, 7) is 6.01. The van der Waals surface area contributed by atoms with Crippen LogP contribution >= 0.6 is 10.5 Å².